The van der Waals surface area contributed by atoms with Gasteiger partial charge in [-0.15, -0.1) is 11.3 Å². The summed E-state index contributed by atoms with van der Waals surface area (Å²) >= 11 is 14.9. The second-order valence-electron chi connectivity index (χ2n) is 7.32. The largest absolute Gasteiger partial charge is 0.438 e. The molecule has 5 rings (SSSR count). The van der Waals surface area contributed by atoms with Crippen molar-refractivity contribution in [1.82, 2.24) is 23.7 Å². The number of hydrogen-bond acceptors (Lipinski definition) is 10. The first-order valence-corrected chi connectivity index (χ1v) is 12.6. The molecule has 0 saturated carbocycles. The third kappa shape index (κ3) is 4.57. The summed E-state index contributed by atoms with van der Waals surface area (Å²) in [4.78, 5) is 31.2. The maximum absolute atomic E-state index is 13.4. The Labute approximate surface area is 221 Å². The smallest absolute Gasteiger partial charge is 0.317 e. The molecule has 0 saturated heterocycles. The lowest BCUT2D eigenvalue weighted by Gasteiger charge is -2.09. The van der Waals surface area contributed by atoms with Gasteiger partial charge in [0, 0.05) is 22.0 Å². The molecule has 180 valence electrons. The van der Waals surface area contributed by atoms with Crippen LogP contribution in [0.2, 0.25) is 9.49 Å². The van der Waals surface area contributed by atoms with Crippen LogP contribution in [0.4, 0.5) is 5.82 Å². The van der Waals surface area contributed by atoms with E-state index in [9.17, 15) is 14.9 Å². The van der Waals surface area contributed by atoms with E-state index in [1.807, 2.05) is 6.07 Å². The average molecular weight is 558 g/mol. The third-order valence-electron chi connectivity index (χ3n) is 5.09. The molecule has 10 nitrogen and oxygen atoms in total. The fourth-order valence-electron chi connectivity index (χ4n) is 3.44. The first kappa shape index (κ1) is 24.0. The van der Waals surface area contributed by atoms with Gasteiger partial charge in [-0.25, -0.2) is 9.36 Å². The Morgan fingerprint density at radius 3 is 2.75 bits per heavy atom. The van der Waals surface area contributed by atoms with Gasteiger partial charge in [0.1, 0.15) is 22.5 Å². The predicted octanol–water partition coefficient (Wildman–Crippen LogP) is 4.75. The van der Waals surface area contributed by atoms with E-state index >= 15 is 0 Å². The Balaban J connectivity index is 1.63. The summed E-state index contributed by atoms with van der Waals surface area (Å²) in [7, 11) is 0. The molecule has 5 heterocycles. The molecular weight excluding hydrogens is 545 g/mol. The minimum atomic E-state index is -0.666. The van der Waals surface area contributed by atoms with E-state index in [1.165, 1.54) is 45.8 Å². The Kier molecular flexibility index (Phi) is 6.71. The van der Waals surface area contributed by atoms with Crippen molar-refractivity contribution in [3.05, 3.63) is 90.0 Å². The number of pyridine rings is 1. The highest BCUT2D eigenvalue weighted by Crippen LogP contribution is 2.30. The molecule has 0 atom stereocenters. The van der Waals surface area contributed by atoms with E-state index in [-0.39, 0.29) is 46.6 Å². The highest BCUT2D eigenvalue weighted by Gasteiger charge is 2.27. The Hall–Kier alpha value is -3.76. The Bertz CT molecular complexity index is 1650. The Morgan fingerprint density at radius 1 is 1.22 bits per heavy atom. The zero-order chi connectivity index (χ0) is 25.2. The van der Waals surface area contributed by atoms with Gasteiger partial charge < -0.3 is 9.73 Å². The number of nitrogens with zero attached hydrogens (tertiary/aromatic N) is 6. The van der Waals surface area contributed by atoms with Crippen molar-refractivity contribution < 1.29 is 9.21 Å². The van der Waals surface area contributed by atoms with Gasteiger partial charge in [0.05, 0.1) is 29.2 Å². The zero-order valence-electron chi connectivity index (χ0n) is 18.0. The molecule has 0 aliphatic carbocycles. The van der Waals surface area contributed by atoms with Crippen LogP contribution in [0.3, 0.4) is 0 Å². The van der Waals surface area contributed by atoms with E-state index in [4.69, 9.17) is 27.6 Å². The minimum Gasteiger partial charge on any atom is -0.438 e. The lowest BCUT2D eigenvalue weighted by atomic mass is 10.1. The van der Waals surface area contributed by atoms with Gasteiger partial charge >= 0.3 is 5.91 Å². The third-order valence-corrected chi connectivity index (χ3v) is 7.29. The van der Waals surface area contributed by atoms with Crippen molar-refractivity contribution in [2.24, 2.45) is 0 Å². The van der Waals surface area contributed by atoms with Crippen LogP contribution in [0.5, 0.6) is 0 Å². The van der Waals surface area contributed by atoms with Gasteiger partial charge in [0.15, 0.2) is 12.2 Å². The summed E-state index contributed by atoms with van der Waals surface area (Å²) in [5.74, 6) is -0.656. The van der Waals surface area contributed by atoms with Gasteiger partial charge in [0.25, 0.3) is 5.56 Å². The minimum absolute atomic E-state index is 0.00805. The van der Waals surface area contributed by atoms with E-state index in [2.05, 4.69) is 25.8 Å². The second kappa shape index (κ2) is 10.1. The SMILES string of the molecule is N#Cc1c(-c2ccc(Cl)n(Cc3cnsc3)c2=O)nn(C(=O)c2cnco2)c1NCc1ccc(Cl)s1. The molecule has 14 heteroatoms. The maximum Gasteiger partial charge on any atom is 0.317 e. The van der Waals surface area contributed by atoms with Crippen molar-refractivity contribution in [3.63, 3.8) is 0 Å². The van der Waals surface area contributed by atoms with E-state index in [0.717, 1.165) is 21.5 Å². The van der Waals surface area contributed by atoms with Gasteiger partial charge in [-0.05, 0) is 35.8 Å². The molecular formula is C22H13Cl2N7O3S2. The molecule has 0 spiro atoms. The van der Waals surface area contributed by atoms with Crippen LogP contribution in [0.15, 0.2) is 57.6 Å². The first-order chi connectivity index (χ1) is 17.5. The van der Waals surface area contributed by atoms with Crippen molar-refractivity contribution in [3.8, 4) is 17.3 Å². The number of anilines is 1. The quantitative estimate of drug-likeness (QED) is 0.283. The van der Waals surface area contributed by atoms with Crippen molar-refractivity contribution in [2.75, 3.05) is 5.32 Å². The topological polar surface area (TPSA) is 132 Å². The normalized spacial score (nSPS) is 10.9. The number of aromatic nitrogens is 5. The molecule has 0 aliphatic rings. The highest BCUT2D eigenvalue weighted by atomic mass is 35.5. The number of nitriles is 1. The van der Waals surface area contributed by atoms with Gasteiger partial charge in [-0.1, -0.05) is 23.2 Å². The number of thiophene rings is 1. The average Bonchev–Trinajstić information content (AvgIpc) is 3.67. The number of halogens is 2. The fraction of sp³-hybridized carbons (Fsp3) is 0.0909. The standard InChI is InChI=1S/C22H13Cl2N7O3S2/c23-17-3-2-14(21(32)30(17)9-12-6-28-35-10-12)19-15(5-25)20(27-7-13-1-4-18(24)36-13)31(29-19)22(33)16-8-26-11-34-16/h1-4,6,8,10-11,27H,7,9H2. The summed E-state index contributed by atoms with van der Waals surface area (Å²) in [6.45, 7) is 0.447. The molecule has 1 N–H and O–H groups in total. The predicted molar refractivity (Wildman–Crippen MR) is 136 cm³/mol. The molecule has 0 bridgehead atoms. The van der Waals surface area contributed by atoms with Crippen LogP contribution in [0.25, 0.3) is 11.3 Å². The van der Waals surface area contributed by atoms with E-state index in [1.54, 1.807) is 17.6 Å². The van der Waals surface area contributed by atoms with Crippen LogP contribution < -0.4 is 10.9 Å². The van der Waals surface area contributed by atoms with E-state index in [0.29, 0.717) is 4.34 Å². The van der Waals surface area contributed by atoms with Crippen molar-refractivity contribution >= 4 is 57.8 Å². The number of carbonyl (C=O) groups is 1. The number of hydrogen-bond donors (Lipinski definition) is 1. The van der Waals surface area contributed by atoms with Crippen LogP contribution in [-0.2, 0) is 13.1 Å². The number of oxazole rings is 1. The van der Waals surface area contributed by atoms with Crippen LogP contribution in [0.1, 0.15) is 26.6 Å². The maximum atomic E-state index is 13.4. The molecule has 0 aromatic carbocycles. The van der Waals surface area contributed by atoms with E-state index < -0.39 is 11.5 Å². The molecule has 0 aliphatic heterocycles. The molecule has 0 fully saturated rings. The lowest BCUT2D eigenvalue weighted by Crippen LogP contribution is -2.23. The van der Waals surface area contributed by atoms with Gasteiger partial charge in [0.2, 0.25) is 5.76 Å². The van der Waals surface area contributed by atoms with Gasteiger partial charge in [-0.3, -0.25) is 14.2 Å². The second-order valence-corrected chi connectivity index (χ2v) is 10.2. The number of rotatable bonds is 7. The summed E-state index contributed by atoms with van der Waals surface area (Å²) in [5.41, 5.74) is 0.457. The number of carbonyl (C=O) groups excluding carboxylic acids is 1. The van der Waals surface area contributed by atoms with Crippen molar-refractivity contribution in [1.29, 1.82) is 5.26 Å². The van der Waals surface area contributed by atoms with Crippen LogP contribution >= 0.6 is 46.1 Å². The summed E-state index contributed by atoms with van der Waals surface area (Å²) in [6.07, 6.45) is 3.99. The van der Waals surface area contributed by atoms with Crippen LogP contribution in [0, 0.1) is 11.3 Å². The molecule has 0 amide bonds. The summed E-state index contributed by atoms with van der Waals surface area (Å²) < 4.78 is 12.1. The van der Waals surface area contributed by atoms with Crippen molar-refractivity contribution in [2.45, 2.75) is 13.1 Å². The summed E-state index contributed by atoms with van der Waals surface area (Å²) in [5, 5.41) is 19.5. The van der Waals surface area contributed by atoms with Crippen LogP contribution in [-0.4, -0.2) is 29.6 Å². The molecule has 5 aromatic rings. The summed E-state index contributed by atoms with van der Waals surface area (Å²) in [6, 6.07) is 8.66. The molecule has 0 radical (unpaired) electrons. The molecule has 0 unspecified atom stereocenters. The fourth-order valence-corrected chi connectivity index (χ4v) is 5.19. The molecule has 36 heavy (non-hydrogen) atoms. The highest BCUT2D eigenvalue weighted by molar-refractivity contribution is 7.16. The lowest BCUT2D eigenvalue weighted by molar-refractivity contribution is 0.0920. The zero-order valence-corrected chi connectivity index (χ0v) is 21.2. The monoisotopic (exact) mass is 557 g/mol. The number of nitrogens with one attached hydrogen (secondary N) is 1. The molecule has 5 aromatic heterocycles. The Morgan fingerprint density at radius 2 is 2.08 bits per heavy atom. The van der Waals surface area contributed by atoms with Gasteiger partial charge in [-0.2, -0.15) is 15.0 Å². The first-order valence-electron chi connectivity index (χ1n) is 10.2.